The molecule has 5 unspecified atom stereocenters. The Morgan fingerprint density at radius 3 is 1.90 bits per heavy atom. The molecule has 1 saturated heterocycles. The highest BCUT2D eigenvalue weighted by atomic mass is 16.8. The third-order valence-corrected chi connectivity index (χ3v) is 7.14. The van der Waals surface area contributed by atoms with Crippen LogP contribution in [0.25, 0.3) is 0 Å². The molecular weight excluding hydrogens is 564 g/mol. The number of esters is 6. The van der Waals surface area contributed by atoms with Gasteiger partial charge in [-0.3, -0.25) is 24.0 Å². The molecule has 0 N–H and O–H groups in total. The lowest BCUT2D eigenvalue weighted by atomic mass is 9.83. The zero-order valence-electron chi connectivity index (χ0n) is 24.4. The third-order valence-electron chi connectivity index (χ3n) is 7.14. The number of carbonyl (C=O) groups excluding carboxylic acids is 6. The minimum absolute atomic E-state index is 0.213. The van der Waals surface area contributed by atoms with E-state index in [4.69, 9.17) is 42.6 Å². The fourth-order valence-electron chi connectivity index (χ4n) is 5.57. The molecule has 0 amide bonds. The molecule has 0 spiro atoms. The van der Waals surface area contributed by atoms with E-state index in [1.54, 1.807) is 6.92 Å². The average Bonchev–Trinajstić information content (AvgIpc) is 3.20. The van der Waals surface area contributed by atoms with Crippen molar-refractivity contribution in [2.75, 3.05) is 13.7 Å². The highest BCUT2D eigenvalue weighted by Gasteiger charge is 2.57. The monoisotopic (exact) mass is 600 g/mol. The van der Waals surface area contributed by atoms with Crippen LogP contribution in [0.2, 0.25) is 0 Å². The van der Waals surface area contributed by atoms with Crippen molar-refractivity contribution in [3.8, 4) is 0 Å². The summed E-state index contributed by atoms with van der Waals surface area (Å²) in [6.07, 6.45) is -7.30. The molecule has 0 aromatic heterocycles. The minimum atomic E-state index is -1.51. The predicted molar refractivity (Wildman–Crippen MR) is 134 cm³/mol. The first-order chi connectivity index (χ1) is 19.7. The van der Waals surface area contributed by atoms with E-state index in [0.717, 1.165) is 27.7 Å². The summed E-state index contributed by atoms with van der Waals surface area (Å²) in [5, 5.41) is 0. The van der Waals surface area contributed by atoms with Crippen LogP contribution in [-0.4, -0.2) is 92.6 Å². The Kier molecular flexibility index (Phi) is 10.9. The van der Waals surface area contributed by atoms with Gasteiger partial charge < -0.3 is 42.6 Å². The number of hydrogen-bond acceptors (Lipinski definition) is 15. The van der Waals surface area contributed by atoms with E-state index in [1.807, 2.05) is 0 Å². The number of rotatable bonds is 9. The topological polar surface area (TPSA) is 185 Å². The summed E-state index contributed by atoms with van der Waals surface area (Å²) in [4.78, 5) is 72.1. The van der Waals surface area contributed by atoms with Crippen LogP contribution >= 0.6 is 0 Å². The van der Waals surface area contributed by atoms with Gasteiger partial charge in [0.05, 0.1) is 18.9 Å². The van der Waals surface area contributed by atoms with E-state index in [2.05, 4.69) is 0 Å². The Bertz CT molecular complexity index is 1100. The van der Waals surface area contributed by atoms with Crippen LogP contribution in [0.5, 0.6) is 0 Å². The van der Waals surface area contributed by atoms with E-state index >= 15 is 0 Å². The van der Waals surface area contributed by atoms with E-state index in [1.165, 1.54) is 20.3 Å². The Morgan fingerprint density at radius 2 is 1.36 bits per heavy atom. The van der Waals surface area contributed by atoms with Gasteiger partial charge in [0.2, 0.25) is 12.6 Å². The van der Waals surface area contributed by atoms with Crippen molar-refractivity contribution >= 4 is 35.8 Å². The summed E-state index contributed by atoms with van der Waals surface area (Å²) in [5.74, 6) is -5.66. The molecule has 1 aliphatic carbocycles. The van der Waals surface area contributed by atoms with Crippen LogP contribution in [0.15, 0.2) is 11.8 Å². The van der Waals surface area contributed by atoms with Crippen LogP contribution in [0.3, 0.4) is 0 Å². The maximum absolute atomic E-state index is 12.5. The fraction of sp³-hybridized carbons (Fsp3) is 0.704. The van der Waals surface area contributed by atoms with Gasteiger partial charge in [-0.1, -0.05) is 6.92 Å². The zero-order chi connectivity index (χ0) is 31.3. The average molecular weight is 601 g/mol. The lowest BCUT2D eigenvalue weighted by molar-refractivity contribution is -0.345. The Morgan fingerprint density at radius 1 is 0.786 bits per heavy atom. The predicted octanol–water partition coefficient (Wildman–Crippen LogP) is 0.703. The SMILES string of the molecule is COC(=O)C1=COC(O[C@@H]2O[C@H](COC(C)=O)[C@@H](OC(C)=O)[C@H](OC(C)=O)[C@H]2OC(C)=O)C2C1CC(OC(C)=O)C2C. The normalized spacial score (nSPS) is 33.5. The van der Waals surface area contributed by atoms with Crippen molar-refractivity contribution in [1.82, 2.24) is 0 Å². The first kappa shape index (κ1) is 32.8. The zero-order valence-corrected chi connectivity index (χ0v) is 24.4. The Hall–Kier alpha value is -3.72. The van der Waals surface area contributed by atoms with Crippen LogP contribution in [0.1, 0.15) is 48.0 Å². The molecule has 0 aromatic carbocycles. The number of hydrogen-bond donors (Lipinski definition) is 0. The summed E-state index contributed by atoms with van der Waals surface area (Å²) < 4.78 is 49.8. The quantitative estimate of drug-likeness (QED) is 0.266. The van der Waals surface area contributed by atoms with Crippen molar-refractivity contribution in [2.24, 2.45) is 17.8 Å². The van der Waals surface area contributed by atoms with Gasteiger partial charge in [0.15, 0.2) is 18.3 Å². The lowest BCUT2D eigenvalue weighted by Crippen LogP contribution is -2.63. The fourth-order valence-corrected chi connectivity index (χ4v) is 5.57. The van der Waals surface area contributed by atoms with Crippen molar-refractivity contribution in [2.45, 2.75) is 91.1 Å². The molecule has 0 aromatic rings. The molecule has 0 radical (unpaired) electrons. The maximum Gasteiger partial charge on any atom is 0.337 e. The molecule has 0 bridgehead atoms. The molecule has 2 fully saturated rings. The maximum atomic E-state index is 12.5. The van der Waals surface area contributed by atoms with Gasteiger partial charge in [0.1, 0.15) is 18.8 Å². The third kappa shape index (κ3) is 7.76. The molecule has 15 nitrogen and oxygen atoms in total. The molecule has 2 heterocycles. The molecule has 42 heavy (non-hydrogen) atoms. The molecule has 3 aliphatic rings. The van der Waals surface area contributed by atoms with E-state index < -0.39 is 97.4 Å². The van der Waals surface area contributed by atoms with Gasteiger partial charge in [0.25, 0.3) is 0 Å². The number of carbonyl (C=O) groups is 6. The van der Waals surface area contributed by atoms with Gasteiger partial charge in [-0.25, -0.2) is 4.79 Å². The van der Waals surface area contributed by atoms with Gasteiger partial charge in [-0.15, -0.1) is 0 Å². The molecule has 2 aliphatic heterocycles. The van der Waals surface area contributed by atoms with Gasteiger partial charge in [-0.05, 0) is 6.42 Å². The second-order valence-electron chi connectivity index (χ2n) is 10.2. The first-order valence-corrected chi connectivity index (χ1v) is 13.3. The van der Waals surface area contributed by atoms with Crippen molar-refractivity contribution in [3.63, 3.8) is 0 Å². The second kappa shape index (κ2) is 14.0. The highest BCUT2D eigenvalue weighted by Crippen LogP contribution is 2.49. The molecule has 10 atom stereocenters. The second-order valence-corrected chi connectivity index (χ2v) is 10.2. The van der Waals surface area contributed by atoms with E-state index in [-0.39, 0.29) is 17.9 Å². The van der Waals surface area contributed by atoms with Crippen molar-refractivity contribution < 1.29 is 71.4 Å². The summed E-state index contributed by atoms with van der Waals surface area (Å²) >= 11 is 0. The number of ether oxygens (including phenoxy) is 9. The first-order valence-electron chi connectivity index (χ1n) is 13.3. The summed E-state index contributed by atoms with van der Waals surface area (Å²) in [6.45, 7) is 7.11. The molecule has 15 heteroatoms. The van der Waals surface area contributed by atoms with Crippen LogP contribution in [0.4, 0.5) is 0 Å². The molecular formula is C27H36O15. The van der Waals surface area contributed by atoms with Crippen molar-refractivity contribution in [1.29, 1.82) is 0 Å². The highest BCUT2D eigenvalue weighted by molar-refractivity contribution is 5.89. The van der Waals surface area contributed by atoms with Gasteiger partial charge in [0, 0.05) is 52.4 Å². The van der Waals surface area contributed by atoms with Crippen LogP contribution in [0, 0.1) is 17.8 Å². The standard InChI is InChI=1S/C27H36O15/c1-11-19(37-13(3)29)8-17-18(25(33)34-7)9-36-26(21(11)17)42-27-24(40-16(6)32)23(39-15(5)31)22(38-14(4)30)20(41-27)10-35-12(2)28/h9,11,17,19-24,26-27H,8,10H2,1-7H3/t11?,17?,19?,20-,21?,22-,23+,24-,26?,27+/m1/s1. The lowest BCUT2D eigenvalue weighted by Gasteiger charge is -2.46. The largest absolute Gasteiger partial charge is 0.472 e. The Balaban J connectivity index is 2.01. The Labute approximate surface area is 242 Å². The van der Waals surface area contributed by atoms with Crippen molar-refractivity contribution in [3.05, 3.63) is 11.8 Å². The van der Waals surface area contributed by atoms with Crippen LogP contribution in [-0.2, 0) is 71.4 Å². The van der Waals surface area contributed by atoms with Crippen LogP contribution < -0.4 is 0 Å². The van der Waals surface area contributed by atoms with Gasteiger partial charge >= 0.3 is 35.8 Å². The smallest absolute Gasteiger partial charge is 0.337 e. The summed E-state index contributed by atoms with van der Waals surface area (Å²) in [7, 11) is 1.22. The minimum Gasteiger partial charge on any atom is -0.472 e. The number of methoxy groups -OCH3 is 1. The van der Waals surface area contributed by atoms with E-state index in [9.17, 15) is 28.8 Å². The molecule has 3 rings (SSSR count). The summed E-state index contributed by atoms with van der Waals surface area (Å²) in [6, 6.07) is 0. The number of fused-ring (bicyclic) bond motifs is 1. The van der Waals surface area contributed by atoms with E-state index in [0.29, 0.717) is 0 Å². The van der Waals surface area contributed by atoms with Gasteiger partial charge in [-0.2, -0.15) is 0 Å². The summed E-state index contributed by atoms with van der Waals surface area (Å²) in [5.41, 5.74) is 0.213. The molecule has 234 valence electrons. The molecule has 1 saturated carbocycles.